The molecule has 0 bridgehead atoms. The molecule has 3 rings (SSSR count). The van der Waals surface area contributed by atoms with Crippen LogP contribution in [0, 0.1) is 17.5 Å². The molecular formula is C15H7F3N2O3. The number of imide groups is 1. The fraction of sp³-hybridized carbons (Fsp3) is 0. The van der Waals surface area contributed by atoms with E-state index in [-0.39, 0.29) is 16.8 Å². The molecule has 2 aromatic rings. The highest BCUT2D eigenvalue weighted by molar-refractivity contribution is 6.22. The number of carbonyl (C=O) groups is 3. The Morgan fingerprint density at radius 1 is 0.913 bits per heavy atom. The SMILES string of the molecule is O=C1NC(=O)c2cc(NC(=O)c3ccc(F)c(F)c3F)ccc21. The number of carbonyl (C=O) groups excluding carboxylic acids is 3. The number of halogens is 3. The van der Waals surface area contributed by atoms with E-state index in [2.05, 4.69) is 10.6 Å². The van der Waals surface area contributed by atoms with Gasteiger partial charge in [0.05, 0.1) is 16.7 Å². The predicted octanol–water partition coefficient (Wildman–Crippen LogP) is 2.24. The van der Waals surface area contributed by atoms with Crippen LogP contribution in [0.25, 0.3) is 0 Å². The lowest BCUT2D eigenvalue weighted by molar-refractivity contribution is 0.0878. The van der Waals surface area contributed by atoms with Crippen LogP contribution in [0.1, 0.15) is 31.1 Å². The molecule has 0 aliphatic carbocycles. The van der Waals surface area contributed by atoms with E-state index >= 15 is 0 Å². The van der Waals surface area contributed by atoms with E-state index in [9.17, 15) is 27.6 Å². The van der Waals surface area contributed by atoms with Gasteiger partial charge in [0.25, 0.3) is 17.7 Å². The van der Waals surface area contributed by atoms with Crippen LogP contribution >= 0.6 is 0 Å². The van der Waals surface area contributed by atoms with E-state index in [4.69, 9.17) is 0 Å². The lowest BCUT2D eigenvalue weighted by Gasteiger charge is -2.07. The minimum absolute atomic E-state index is 0.0542. The summed E-state index contributed by atoms with van der Waals surface area (Å²) in [6.07, 6.45) is 0. The van der Waals surface area contributed by atoms with Gasteiger partial charge < -0.3 is 5.32 Å². The highest BCUT2D eigenvalue weighted by Crippen LogP contribution is 2.22. The maximum Gasteiger partial charge on any atom is 0.259 e. The first kappa shape index (κ1) is 14.8. The summed E-state index contributed by atoms with van der Waals surface area (Å²) in [6, 6.07) is 5.29. The average molecular weight is 320 g/mol. The van der Waals surface area contributed by atoms with Crippen LogP contribution in [0.15, 0.2) is 30.3 Å². The molecule has 0 unspecified atom stereocenters. The van der Waals surface area contributed by atoms with E-state index in [1.807, 2.05) is 0 Å². The van der Waals surface area contributed by atoms with E-state index in [1.165, 1.54) is 18.2 Å². The third-order valence-electron chi connectivity index (χ3n) is 3.27. The molecule has 0 atom stereocenters. The quantitative estimate of drug-likeness (QED) is 0.658. The largest absolute Gasteiger partial charge is 0.322 e. The number of amides is 3. The summed E-state index contributed by atoms with van der Waals surface area (Å²) in [5, 5.41) is 4.33. The first-order valence-electron chi connectivity index (χ1n) is 6.33. The second kappa shape index (κ2) is 5.24. The van der Waals surface area contributed by atoms with Crippen molar-refractivity contribution in [1.82, 2.24) is 5.32 Å². The summed E-state index contributed by atoms with van der Waals surface area (Å²) < 4.78 is 39.6. The molecule has 0 fully saturated rings. The third-order valence-corrected chi connectivity index (χ3v) is 3.27. The molecule has 23 heavy (non-hydrogen) atoms. The van der Waals surface area contributed by atoms with Crippen molar-refractivity contribution in [3.8, 4) is 0 Å². The summed E-state index contributed by atoms with van der Waals surface area (Å²) in [4.78, 5) is 34.9. The maximum absolute atomic E-state index is 13.6. The Kier molecular flexibility index (Phi) is 3.36. The minimum Gasteiger partial charge on any atom is -0.322 e. The molecule has 0 saturated carbocycles. The molecule has 2 N–H and O–H groups in total. The fourth-order valence-corrected chi connectivity index (χ4v) is 2.15. The summed E-state index contributed by atoms with van der Waals surface area (Å²) >= 11 is 0. The lowest BCUT2D eigenvalue weighted by Crippen LogP contribution is -2.19. The van der Waals surface area contributed by atoms with Gasteiger partial charge in [0.15, 0.2) is 17.5 Å². The predicted molar refractivity (Wildman–Crippen MR) is 72.5 cm³/mol. The van der Waals surface area contributed by atoms with Crippen molar-refractivity contribution in [2.75, 3.05) is 5.32 Å². The molecule has 8 heteroatoms. The van der Waals surface area contributed by atoms with Gasteiger partial charge in [0.1, 0.15) is 0 Å². The van der Waals surface area contributed by atoms with Crippen LogP contribution in [-0.2, 0) is 0 Å². The number of nitrogens with one attached hydrogen (secondary N) is 2. The van der Waals surface area contributed by atoms with Crippen LogP contribution in [0.5, 0.6) is 0 Å². The summed E-state index contributed by atoms with van der Waals surface area (Å²) in [6.45, 7) is 0. The minimum atomic E-state index is -1.75. The van der Waals surface area contributed by atoms with Gasteiger partial charge in [-0.3, -0.25) is 19.7 Å². The summed E-state index contributed by atoms with van der Waals surface area (Å²) in [7, 11) is 0. The third kappa shape index (κ3) is 2.44. The van der Waals surface area contributed by atoms with Gasteiger partial charge in [-0.15, -0.1) is 0 Å². The van der Waals surface area contributed by atoms with Crippen molar-refractivity contribution in [2.45, 2.75) is 0 Å². The zero-order valence-corrected chi connectivity index (χ0v) is 11.2. The van der Waals surface area contributed by atoms with Gasteiger partial charge in [-0.25, -0.2) is 13.2 Å². The molecule has 0 spiro atoms. The van der Waals surface area contributed by atoms with Crippen LogP contribution in [0.4, 0.5) is 18.9 Å². The molecule has 1 heterocycles. The first-order valence-corrected chi connectivity index (χ1v) is 6.33. The van der Waals surface area contributed by atoms with Crippen molar-refractivity contribution in [3.05, 3.63) is 64.5 Å². The standard InChI is InChI=1S/C15H7F3N2O3/c16-10-4-3-8(11(17)12(10)18)14(22)19-6-1-2-7-9(5-6)15(23)20-13(7)21/h1-5H,(H,19,22)(H,20,21,23). The molecule has 0 radical (unpaired) electrons. The molecule has 0 saturated heterocycles. The van der Waals surface area contributed by atoms with Gasteiger partial charge in [0.2, 0.25) is 0 Å². The number of benzene rings is 2. The zero-order valence-electron chi connectivity index (χ0n) is 11.2. The Morgan fingerprint density at radius 2 is 1.61 bits per heavy atom. The Balaban J connectivity index is 1.90. The normalized spacial score (nSPS) is 12.8. The molecule has 1 aliphatic rings. The molecule has 0 aromatic heterocycles. The molecule has 3 amide bonds. The van der Waals surface area contributed by atoms with Gasteiger partial charge >= 0.3 is 0 Å². The maximum atomic E-state index is 13.6. The number of anilines is 1. The van der Waals surface area contributed by atoms with Crippen LogP contribution in [0.2, 0.25) is 0 Å². The lowest BCUT2D eigenvalue weighted by atomic mass is 10.1. The number of hydrogen-bond acceptors (Lipinski definition) is 3. The molecule has 2 aromatic carbocycles. The number of rotatable bonds is 2. The topological polar surface area (TPSA) is 75.3 Å². The van der Waals surface area contributed by atoms with E-state index in [0.29, 0.717) is 6.07 Å². The monoisotopic (exact) mass is 320 g/mol. The molecular weight excluding hydrogens is 313 g/mol. The average Bonchev–Trinajstić information content (AvgIpc) is 2.79. The fourth-order valence-electron chi connectivity index (χ4n) is 2.15. The first-order chi connectivity index (χ1) is 10.9. The smallest absolute Gasteiger partial charge is 0.259 e. The Labute approximate surface area is 127 Å². The van der Waals surface area contributed by atoms with E-state index in [0.717, 1.165) is 6.07 Å². The van der Waals surface area contributed by atoms with Crippen LogP contribution in [-0.4, -0.2) is 17.7 Å². The van der Waals surface area contributed by atoms with Crippen molar-refractivity contribution in [3.63, 3.8) is 0 Å². The second-order valence-corrected chi connectivity index (χ2v) is 4.72. The van der Waals surface area contributed by atoms with Crippen LogP contribution in [0.3, 0.4) is 0 Å². The summed E-state index contributed by atoms with van der Waals surface area (Å²) in [5.41, 5.74) is -0.391. The number of hydrogen-bond donors (Lipinski definition) is 2. The van der Waals surface area contributed by atoms with E-state index in [1.54, 1.807) is 0 Å². The highest BCUT2D eigenvalue weighted by atomic mass is 19.2. The molecule has 116 valence electrons. The van der Waals surface area contributed by atoms with Crippen molar-refractivity contribution in [2.24, 2.45) is 0 Å². The summed E-state index contributed by atoms with van der Waals surface area (Å²) in [5.74, 6) is -6.99. The Bertz CT molecular complexity index is 881. The van der Waals surface area contributed by atoms with Gasteiger partial charge in [-0.1, -0.05) is 0 Å². The van der Waals surface area contributed by atoms with Crippen molar-refractivity contribution < 1.29 is 27.6 Å². The molecule has 5 nitrogen and oxygen atoms in total. The van der Waals surface area contributed by atoms with Crippen molar-refractivity contribution >= 4 is 23.4 Å². The van der Waals surface area contributed by atoms with Crippen molar-refractivity contribution in [1.29, 1.82) is 0 Å². The Morgan fingerprint density at radius 3 is 2.35 bits per heavy atom. The van der Waals surface area contributed by atoms with Gasteiger partial charge in [-0.05, 0) is 30.3 Å². The highest BCUT2D eigenvalue weighted by Gasteiger charge is 2.27. The Hall–Kier alpha value is -3.16. The molecule has 1 aliphatic heterocycles. The van der Waals surface area contributed by atoms with Gasteiger partial charge in [0, 0.05) is 5.69 Å². The zero-order chi connectivity index (χ0) is 16.7. The second-order valence-electron chi connectivity index (χ2n) is 4.72. The number of fused-ring (bicyclic) bond motifs is 1. The van der Waals surface area contributed by atoms with Gasteiger partial charge in [-0.2, -0.15) is 0 Å². The van der Waals surface area contributed by atoms with Crippen LogP contribution < -0.4 is 10.6 Å². The van der Waals surface area contributed by atoms with E-state index < -0.39 is 40.7 Å².